The van der Waals surface area contributed by atoms with E-state index in [1.807, 2.05) is 37.4 Å². The Morgan fingerprint density at radius 3 is 2.80 bits per heavy atom. The Bertz CT molecular complexity index is 422. The van der Waals surface area contributed by atoms with Crippen LogP contribution in [0.3, 0.4) is 0 Å². The highest BCUT2D eigenvalue weighted by atomic mass is 16.3. The molecule has 0 aliphatic carbocycles. The highest BCUT2D eigenvalue weighted by molar-refractivity contribution is 5.78. The zero-order valence-electron chi connectivity index (χ0n) is 12.2. The van der Waals surface area contributed by atoms with E-state index in [1.165, 1.54) is 0 Å². The second-order valence-electron chi connectivity index (χ2n) is 5.54. The molecule has 1 fully saturated rings. The summed E-state index contributed by atoms with van der Waals surface area (Å²) in [6.45, 7) is 2.11. The quantitative estimate of drug-likeness (QED) is 0.886. The summed E-state index contributed by atoms with van der Waals surface area (Å²) < 4.78 is 0. The van der Waals surface area contributed by atoms with Gasteiger partial charge in [-0.25, -0.2) is 0 Å². The van der Waals surface area contributed by atoms with Gasteiger partial charge in [0.1, 0.15) is 0 Å². The molecule has 0 bridgehead atoms. The summed E-state index contributed by atoms with van der Waals surface area (Å²) in [6.07, 6.45) is 3.26. The number of amides is 1. The van der Waals surface area contributed by atoms with E-state index >= 15 is 0 Å². The number of piperidine rings is 1. The van der Waals surface area contributed by atoms with Crippen LogP contribution in [0.2, 0.25) is 0 Å². The molecular formula is C16H24N2O2. The lowest BCUT2D eigenvalue weighted by molar-refractivity contribution is -0.132. The van der Waals surface area contributed by atoms with Crippen LogP contribution < -0.4 is 0 Å². The van der Waals surface area contributed by atoms with Crippen molar-refractivity contribution in [1.82, 2.24) is 9.80 Å². The van der Waals surface area contributed by atoms with E-state index in [-0.39, 0.29) is 18.6 Å². The molecule has 1 heterocycles. The number of hydrogen-bond acceptors (Lipinski definition) is 3. The number of carbonyl (C=O) groups excluding carboxylic acids is 1. The zero-order valence-corrected chi connectivity index (χ0v) is 12.2. The predicted molar refractivity (Wildman–Crippen MR) is 79.2 cm³/mol. The van der Waals surface area contributed by atoms with Gasteiger partial charge < -0.3 is 10.0 Å². The number of likely N-dealkylation sites (N-methyl/N-ethyl adjacent to an activating group) is 1. The molecule has 0 spiro atoms. The van der Waals surface area contributed by atoms with Gasteiger partial charge in [-0.3, -0.25) is 9.69 Å². The minimum Gasteiger partial charge on any atom is -0.395 e. The highest BCUT2D eigenvalue weighted by Gasteiger charge is 2.24. The molecule has 1 aromatic carbocycles. The summed E-state index contributed by atoms with van der Waals surface area (Å²) in [5.41, 5.74) is 1.14. The van der Waals surface area contributed by atoms with Gasteiger partial charge in [0.05, 0.1) is 13.2 Å². The van der Waals surface area contributed by atoms with Crippen LogP contribution in [0, 0.1) is 0 Å². The van der Waals surface area contributed by atoms with E-state index in [0.29, 0.717) is 13.1 Å². The van der Waals surface area contributed by atoms with Crippen LogP contribution in [-0.2, 0) is 11.3 Å². The van der Waals surface area contributed by atoms with Crippen LogP contribution in [0.1, 0.15) is 24.8 Å². The predicted octanol–water partition coefficient (Wildman–Crippen LogP) is 1.49. The van der Waals surface area contributed by atoms with E-state index in [0.717, 1.165) is 31.4 Å². The average molecular weight is 276 g/mol. The number of aliphatic hydroxyl groups is 1. The van der Waals surface area contributed by atoms with Gasteiger partial charge in [-0.2, -0.15) is 0 Å². The molecule has 1 amide bonds. The standard InChI is InChI=1S/C16H24N2O2/c1-17(11-14-7-3-2-4-8-14)16(20)12-18-10-6-5-9-15(18)13-19/h2-4,7-8,15,19H,5-6,9-13H2,1H3/t15-/m1/s1. The molecule has 1 saturated heterocycles. The number of carbonyl (C=O) groups is 1. The summed E-state index contributed by atoms with van der Waals surface area (Å²) in [5, 5.41) is 9.38. The monoisotopic (exact) mass is 276 g/mol. The second kappa shape index (κ2) is 7.41. The molecule has 2 rings (SSSR count). The lowest BCUT2D eigenvalue weighted by Gasteiger charge is -2.34. The Morgan fingerprint density at radius 2 is 2.10 bits per heavy atom. The second-order valence-corrected chi connectivity index (χ2v) is 5.54. The van der Waals surface area contributed by atoms with Gasteiger partial charge in [0.25, 0.3) is 0 Å². The Labute approximate surface area is 121 Å². The summed E-state index contributed by atoms with van der Waals surface area (Å²) >= 11 is 0. The SMILES string of the molecule is CN(Cc1ccccc1)C(=O)CN1CCCC[C@@H]1CO. The number of rotatable bonds is 5. The summed E-state index contributed by atoms with van der Waals surface area (Å²) in [7, 11) is 1.84. The van der Waals surface area contributed by atoms with Crippen LogP contribution in [0.4, 0.5) is 0 Å². The minimum atomic E-state index is 0.120. The van der Waals surface area contributed by atoms with Gasteiger partial charge in [0, 0.05) is 19.6 Å². The van der Waals surface area contributed by atoms with Crippen molar-refractivity contribution in [2.45, 2.75) is 31.8 Å². The lowest BCUT2D eigenvalue weighted by atomic mass is 10.0. The Balaban J connectivity index is 1.87. The first-order valence-corrected chi connectivity index (χ1v) is 7.33. The molecule has 0 aromatic heterocycles. The smallest absolute Gasteiger partial charge is 0.236 e. The van der Waals surface area contributed by atoms with Crippen molar-refractivity contribution in [1.29, 1.82) is 0 Å². The van der Waals surface area contributed by atoms with Crippen molar-refractivity contribution in [2.24, 2.45) is 0 Å². The Hall–Kier alpha value is -1.39. The van der Waals surface area contributed by atoms with Crippen LogP contribution in [0.5, 0.6) is 0 Å². The molecule has 1 aromatic rings. The maximum absolute atomic E-state index is 12.3. The third-order valence-electron chi connectivity index (χ3n) is 3.99. The van der Waals surface area contributed by atoms with Gasteiger partial charge in [-0.05, 0) is 24.9 Å². The third kappa shape index (κ3) is 4.05. The molecule has 1 atom stereocenters. The van der Waals surface area contributed by atoms with Crippen LogP contribution in [0.15, 0.2) is 30.3 Å². The topological polar surface area (TPSA) is 43.8 Å². The molecule has 4 nitrogen and oxygen atoms in total. The highest BCUT2D eigenvalue weighted by Crippen LogP contribution is 2.16. The van der Waals surface area contributed by atoms with Crippen molar-refractivity contribution >= 4 is 5.91 Å². The summed E-state index contributed by atoms with van der Waals surface area (Å²) in [4.78, 5) is 16.2. The molecule has 20 heavy (non-hydrogen) atoms. The molecule has 1 aliphatic rings. The summed E-state index contributed by atoms with van der Waals surface area (Å²) in [6, 6.07) is 10.2. The van der Waals surface area contributed by atoms with Gasteiger partial charge in [-0.1, -0.05) is 36.8 Å². The van der Waals surface area contributed by atoms with Crippen LogP contribution >= 0.6 is 0 Å². The number of nitrogens with zero attached hydrogens (tertiary/aromatic N) is 2. The Morgan fingerprint density at radius 1 is 1.35 bits per heavy atom. The normalized spacial score (nSPS) is 19.8. The third-order valence-corrected chi connectivity index (χ3v) is 3.99. The molecule has 0 saturated carbocycles. The first-order valence-electron chi connectivity index (χ1n) is 7.33. The van der Waals surface area contributed by atoms with E-state index in [9.17, 15) is 9.90 Å². The lowest BCUT2D eigenvalue weighted by Crippen LogP contribution is -2.47. The van der Waals surface area contributed by atoms with Crippen molar-refractivity contribution in [3.8, 4) is 0 Å². The first kappa shape index (κ1) is 15.0. The number of aliphatic hydroxyl groups excluding tert-OH is 1. The van der Waals surface area contributed by atoms with E-state index in [4.69, 9.17) is 0 Å². The van der Waals surface area contributed by atoms with Crippen molar-refractivity contribution < 1.29 is 9.90 Å². The van der Waals surface area contributed by atoms with Crippen LogP contribution in [-0.4, -0.2) is 53.6 Å². The van der Waals surface area contributed by atoms with E-state index < -0.39 is 0 Å². The fraction of sp³-hybridized carbons (Fsp3) is 0.562. The van der Waals surface area contributed by atoms with E-state index in [2.05, 4.69) is 4.90 Å². The van der Waals surface area contributed by atoms with Crippen molar-refractivity contribution in [3.05, 3.63) is 35.9 Å². The van der Waals surface area contributed by atoms with Gasteiger partial charge >= 0.3 is 0 Å². The van der Waals surface area contributed by atoms with Crippen LogP contribution in [0.25, 0.3) is 0 Å². The maximum Gasteiger partial charge on any atom is 0.236 e. The van der Waals surface area contributed by atoms with Crippen molar-refractivity contribution in [3.63, 3.8) is 0 Å². The number of likely N-dealkylation sites (tertiary alicyclic amines) is 1. The average Bonchev–Trinajstić information content (AvgIpc) is 2.48. The molecule has 0 radical (unpaired) electrons. The maximum atomic E-state index is 12.3. The largest absolute Gasteiger partial charge is 0.395 e. The van der Waals surface area contributed by atoms with Gasteiger partial charge in [0.2, 0.25) is 5.91 Å². The number of benzene rings is 1. The molecular weight excluding hydrogens is 252 g/mol. The molecule has 4 heteroatoms. The zero-order chi connectivity index (χ0) is 14.4. The molecule has 0 unspecified atom stereocenters. The van der Waals surface area contributed by atoms with E-state index in [1.54, 1.807) is 4.90 Å². The fourth-order valence-corrected chi connectivity index (χ4v) is 2.71. The Kier molecular flexibility index (Phi) is 5.56. The fourth-order valence-electron chi connectivity index (χ4n) is 2.71. The molecule has 1 N–H and O–H groups in total. The first-order chi connectivity index (χ1) is 9.70. The molecule has 110 valence electrons. The van der Waals surface area contributed by atoms with Crippen molar-refractivity contribution in [2.75, 3.05) is 26.7 Å². The summed E-state index contributed by atoms with van der Waals surface area (Å²) in [5.74, 6) is 0.120. The molecule has 1 aliphatic heterocycles. The minimum absolute atomic E-state index is 0.120. The van der Waals surface area contributed by atoms with Gasteiger partial charge in [0.15, 0.2) is 0 Å². The van der Waals surface area contributed by atoms with Gasteiger partial charge in [-0.15, -0.1) is 0 Å². The number of hydrogen-bond donors (Lipinski definition) is 1.